The van der Waals surface area contributed by atoms with Gasteiger partial charge < -0.3 is 14.8 Å². The second-order valence-corrected chi connectivity index (χ2v) is 4.85. The van der Waals surface area contributed by atoms with E-state index in [1.165, 1.54) is 6.92 Å². The van der Waals surface area contributed by atoms with E-state index in [-0.39, 0.29) is 12.5 Å². The quantitative estimate of drug-likeness (QED) is 0.775. The first kappa shape index (κ1) is 13.3. The van der Waals surface area contributed by atoms with Crippen LogP contribution in [0, 0.1) is 0 Å². The molecule has 0 saturated heterocycles. The lowest BCUT2D eigenvalue weighted by Crippen LogP contribution is -2.05. The predicted octanol–water partition coefficient (Wildman–Crippen LogP) is 2.45. The molecule has 2 aromatic heterocycles. The maximum Gasteiger partial charge on any atom is 0.221 e. The highest BCUT2D eigenvalue weighted by Gasteiger charge is 2.06. The standard InChI is InChI=1S/C16H15N3O2/c1-11(21)17-14-4-2-3-13(8-14)15-9-19-6-5-12(10-20)7-16(19)18-15/h2-9,20H,10H2,1H3,(H,17,21). The number of anilines is 1. The van der Waals surface area contributed by atoms with E-state index in [1.807, 2.05) is 53.2 Å². The topological polar surface area (TPSA) is 66.6 Å². The summed E-state index contributed by atoms with van der Waals surface area (Å²) < 4.78 is 1.90. The Bertz CT molecular complexity index is 808. The van der Waals surface area contributed by atoms with E-state index in [0.29, 0.717) is 0 Å². The third-order valence-corrected chi connectivity index (χ3v) is 3.19. The number of carbonyl (C=O) groups excluding carboxylic acids is 1. The molecule has 0 unspecified atom stereocenters. The summed E-state index contributed by atoms with van der Waals surface area (Å²) in [6.45, 7) is 1.48. The average Bonchev–Trinajstić information content (AvgIpc) is 2.89. The zero-order valence-corrected chi connectivity index (χ0v) is 11.6. The van der Waals surface area contributed by atoms with Crippen molar-refractivity contribution in [1.82, 2.24) is 9.38 Å². The fourth-order valence-electron chi connectivity index (χ4n) is 2.22. The first-order valence-corrected chi connectivity index (χ1v) is 6.62. The summed E-state index contributed by atoms with van der Waals surface area (Å²) in [7, 11) is 0. The molecular weight excluding hydrogens is 266 g/mol. The molecule has 2 heterocycles. The fourth-order valence-corrected chi connectivity index (χ4v) is 2.22. The predicted molar refractivity (Wildman–Crippen MR) is 80.9 cm³/mol. The lowest BCUT2D eigenvalue weighted by atomic mass is 10.1. The highest BCUT2D eigenvalue weighted by molar-refractivity contribution is 5.89. The van der Waals surface area contributed by atoms with Gasteiger partial charge in [0.1, 0.15) is 5.65 Å². The molecule has 1 aromatic carbocycles. The lowest BCUT2D eigenvalue weighted by Gasteiger charge is -2.03. The zero-order valence-electron chi connectivity index (χ0n) is 11.6. The van der Waals surface area contributed by atoms with Gasteiger partial charge in [-0.2, -0.15) is 0 Å². The molecule has 0 fully saturated rings. The van der Waals surface area contributed by atoms with E-state index in [2.05, 4.69) is 10.3 Å². The minimum Gasteiger partial charge on any atom is -0.392 e. The summed E-state index contributed by atoms with van der Waals surface area (Å²) in [5, 5.41) is 11.9. The SMILES string of the molecule is CC(=O)Nc1cccc(-c2cn3ccc(CO)cc3n2)c1. The van der Waals surface area contributed by atoms with E-state index >= 15 is 0 Å². The first-order chi connectivity index (χ1) is 10.2. The third kappa shape index (κ3) is 2.78. The molecule has 3 rings (SSSR count). The Hall–Kier alpha value is -2.66. The van der Waals surface area contributed by atoms with Gasteiger partial charge in [-0.05, 0) is 29.8 Å². The molecule has 2 N–H and O–H groups in total. The Balaban J connectivity index is 2.01. The summed E-state index contributed by atoms with van der Waals surface area (Å²) in [5.41, 5.74) is 4.09. The van der Waals surface area contributed by atoms with E-state index in [9.17, 15) is 4.79 Å². The molecule has 0 saturated carbocycles. The number of rotatable bonds is 3. The molecule has 3 aromatic rings. The molecule has 5 heteroatoms. The lowest BCUT2D eigenvalue weighted by molar-refractivity contribution is -0.114. The van der Waals surface area contributed by atoms with Gasteiger partial charge in [-0.1, -0.05) is 12.1 Å². The molecule has 0 spiro atoms. The Morgan fingerprint density at radius 2 is 2.19 bits per heavy atom. The van der Waals surface area contributed by atoms with Crippen molar-refractivity contribution in [2.24, 2.45) is 0 Å². The minimum absolute atomic E-state index is 0.00326. The number of imidazole rings is 1. The van der Waals surface area contributed by atoms with Crippen LogP contribution in [-0.4, -0.2) is 20.4 Å². The van der Waals surface area contributed by atoms with Crippen LogP contribution in [0.15, 0.2) is 48.8 Å². The number of nitrogens with one attached hydrogen (secondary N) is 1. The van der Waals surface area contributed by atoms with Crippen LogP contribution in [-0.2, 0) is 11.4 Å². The van der Waals surface area contributed by atoms with E-state index < -0.39 is 0 Å². The molecule has 0 aliphatic heterocycles. The third-order valence-electron chi connectivity index (χ3n) is 3.19. The number of benzene rings is 1. The first-order valence-electron chi connectivity index (χ1n) is 6.62. The van der Waals surface area contributed by atoms with Crippen LogP contribution in [0.2, 0.25) is 0 Å². The molecule has 0 radical (unpaired) electrons. The second kappa shape index (κ2) is 5.38. The second-order valence-electron chi connectivity index (χ2n) is 4.85. The van der Waals surface area contributed by atoms with Gasteiger partial charge in [-0.15, -0.1) is 0 Å². The van der Waals surface area contributed by atoms with Gasteiger partial charge in [0.25, 0.3) is 0 Å². The Morgan fingerprint density at radius 1 is 1.33 bits per heavy atom. The van der Waals surface area contributed by atoms with Crippen molar-refractivity contribution in [3.05, 3.63) is 54.4 Å². The van der Waals surface area contributed by atoms with Gasteiger partial charge in [0.15, 0.2) is 0 Å². The van der Waals surface area contributed by atoms with E-state index in [0.717, 1.165) is 28.2 Å². The number of hydrogen-bond acceptors (Lipinski definition) is 3. The van der Waals surface area contributed by atoms with Crippen LogP contribution in [0.5, 0.6) is 0 Å². The molecular formula is C16H15N3O2. The highest BCUT2D eigenvalue weighted by Crippen LogP contribution is 2.22. The number of carbonyl (C=O) groups is 1. The molecule has 0 aliphatic carbocycles. The fraction of sp³-hybridized carbons (Fsp3) is 0.125. The molecule has 0 bridgehead atoms. The van der Waals surface area contributed by atoms with Crippen molar-refractivity contribution in [2.75, 3.05) is 5.32 Å². The van der Waals surface area contributed by atoms with Crippen LogP contribution in [0.25, 0.3) is 16.9 Å². The number of fused-ring (bicyclic) bond motifs is 1. The maximum atomic E-state index is 11.1. The van der Waals surface area contributed by atoms with Gasteiger partial charge in [0.05, 0.1) is 12.3 Å². The van der Waals surface area contributed by atoms with Crippen molar-refractivity contribution in [1.29, 1.82) is 0 Å². The van der Waals surface area contributed by atoms with Crippen LogP contribution in [0.3, 0.4) is 0 Å². The van der Waals surface area contributed by atoms with Crippen LogP contribution >= 0.6 is 0 Å². The highest BCUT2D eigenvalue weighted by atomic mass is 16.3. The maximum absolute atomic E-state index is 11.1. The van der Waals surface area contributed by atoms with Crippen molar-refractivity contribution < 1.29 is 9.90 Å². The number of nitrogens with zero attached hydrogens (tertiary/aromatic N) is 2. The number of aliphatic hydroxyl groups excluding tert-OH is 1. The van der Waals surface area contributed by atoms with Crippen molar-refractivity contribution >= 4 is 17.2 Å². The monoisotopic (exact) mass is 281 g/mol. The number of aliphatic hydroxyl groups is 1. The van der Waals surface area contributed by atoms with Gasteiger partial charge in [0, 0.05) is 30.6 Å². The number of aromatic nitrogens is 2. The summed E-state index contributed by atoms with van der Waals surface area (Å²) in [6.07, 6.45) is 3.79. The van der Waals surface area contributed by atoms with Crippen LogP contribution in [0.4, 0.5) is 5.69 Å². The average molecular weight is 281 g/mol. The zero-order chi connectivity index (χ0) is 14.8. The minimum atomic E-state index is -0.102. The van der Waals surface area contributed by atoms with Gasteiger partial charge in [0.2, 0.25) is 5.91 Å². The molecule has 0 aliphatic rings. The number of hydrogen-bond donors (Lipinski definition) is 2. The number of amides is 1. The molecule has 106 valence electrons. The van der Waals surface area contributed by atoms with Gasteiger partial charge in [-0.3, -0.25) is 4.79 Å². The Kier molecular flexibility index (Phi) is 3.41. The summed E-state index contributed by atoms with van der Waals surface area (Å²) >= 11 is 0. The largest absolute Gasteiger partial charge is 0.392 e. The normalized spacial score (nSPS) is 10.8. The van der Waals surface area contributed by atoms with Gasteiger partial charge >= 0.3 is 0 Å². The van der Waals surface area contributed by atoms with Crippen LogP contribution in [0.1, 0.15) is 12.5 Å². The van der Waals surface area contributed by atoms with E-state index in [4.69, 9.17) is 5.11 Å². The molecule has 5 nitrogen and oxygen atoms in total. The molecule has 21 heavy (non-hydrogen) atoms. The summed E-state index contributed by atoms with van der Waals surface area (Å²) in [4.78, 5) is 15.7. The van der Waals surface area contributed by atoms with E-state index in [1.54, 1.807) is 0 Å². The summed E-state index contributed by atoms with van der Waals surface area (Å²) in [5.74, 6) is -0.102. The number of pyridine rings is 1. The van der Waals surface area contributed by atoms with Crippen LogP contribution < -0.4 is 5.32 Å². The van der Waals surface area contributed by atoms with Crippen molar-refractivity contribution in [3.8, 4) is 11.3 Å². The smallest absolute Gasteiger partial charge is 0.221 e. The molecule has 0 atom stereocenters. The Morgan fingerprint density at radius 3 is 2.95 bits per heavy atom. The van der Waals surface area contributed by atoms with Crippen molar-refractivity contribution in [3.63, 3.8) is 0 Å². The van der Waals surface area contributed by atoms with Crippen molar-refractivity contribution in [2.45, 2.75) is 13.5 Å². The van der Waals surface area contributed by atoms with Gasteiger partial charge in [-0.25, -0.2) is 4.98 Å². The summed E-state index contributed by atoms with van der Waals surface area (Å²) in [6, 6.07) is 11.2. The molecule has 1 amide bonds. The Labute approximate surface area is 121 Å².